The zero-order chi connectivity index (χ0) is 7.52. The van der Waals surface area contributed by atoms with Gasteiger partial charge < -0.3 is 0 Å². The van der Waals surface area contributed by atoms with Gasteiger partial charge in [0, 0.05) is 0 Å². The molecule has 1 aromatic carbocycles. The number of hydrogen-bond donors (Lipinski definition) is 0. The molecule has 2 aromatic rings. The molecule has 0 aliphatic carbocycles. The van der Waals surface area contributed by atoms with Gasteiger partial charge in [0.25, 0.3) is 0 Å². The predicted octanol–water partition coefficient (Wildman–Crippen LogP) is 0.462. The van der Waals surface area contributed by atoms with Gasteiger partial charge in [-0.05, 0) is 28.6 Å². The van der Waals surface area contributed by atoms with Crippen LogP contribution in [0.3, 0.4) is 0 Å². The van der Waals surface area contributed by atoms with Gasteiger partial charge in [-0.3, -0.25) is 0 Å². The van der Waals surface area contributed by atoms with Crippen molar-refractivity contribution in [3.8, 4) is 5.69 Å². The van der Waals surface area contributed by atoms with Crippen LogP contribution in [0.5, 0.6) is 0 Å². The van der Waals surface area contributed by atoms with Crippen molar-refractivity contribution in [3.63, 3.8) is 0 Å². The van der Waals surface area contributed by atoms with E-state index in [1.54, 1.807) is 11.0 Å². The molecular formula is C7H5N4. The molecule has 0 unspecified atom stereocenters. The lowest BCUT2D eigenvalue weighted by atomic mass is 10.3. The Balaban J connectivity index is 2.46. The summed E-state index contributed by atoms with van der Waals surface area (Å²) in [6.07, 6.45) is 1.54. The van der Waals surface area contributed by atoms with Crippen LogP contribution < -0.4 is 0 Å². The summed E-state index contributed by atoms with van der Waals surface area (Å²) in [7, 11) is 0. The number of aromatic nitrogens is 4. The lowest BCUT2D eigenvalue weighted by Gasteiger charge is -1.94. The summed E-state index contributed by atoms with van der Waals surface area (Å²) >= 11 is 0. The van der Waals surface area contributed by atoms with E-state index in [4.69, 9.17) is 0 Å². The zero-order valence-electron chi connectivity index (χ0n) is 5.68. The molecule has 0 fully saturated rings. The van der Waals surface area contributed by atoms with E-state index in [9.17, 15) is 0 Å². The van der Waals surface area contributed by atoms with Crippen LogP contribution in [0.15, 0.2) is 30.6 Å². The fourth-order valence-electron chi connectivity index (χ4n) is 0.806. The van der Waals surface area contributed by atoms with Crippen molar-refractivity contribution in [1.82, 2.24) is 20.2 Å². The van der Waals surface area contributed by atoms with E-state index in [1.165, 1.54) is 0 Å². The van der Waals surface area contributed by atoms with Crippen molar-refractivity contribution in [3.05, 3.63) is 36.7 Å². The van der Waals surface area contributed by atoms with Crippen LogP contribution in [0.1, 0.15) is 0 Å². The van der Waals surface area contributed by atoms with Crippen molar-refractivity contribution in [1.29, 1.82) is 0 Å². The maximum Gasteiger partial charge on any atom is 0.143 e. The Kier molecular flexibility index (Phi) is 1.37. The fraction of sp³-hybridized carbons (Fsp3) is 0. The highest BCUT2D eigenvalue weighted by Crippen LogP contribution is 2.00. The van der Waals surface area contributed by atoms with Crippen LogP contribution in [0.2, 0.25) is 0 Å². The van der Waals surface area contributed by atoms with E-state index >= 15 is 0 Å². The van der Waals surface area contributed by atoms with Crippen LogP contribution in [-0.4, -0.2) is 20.2 Å². The van der Waals surface area contributed by atoms with E-state index in [0.717, 1.165) is 5.69 Å². The van der Waals surface area contributed by atoms with Crippen molar-refractivity contribution < 1.29 is 0 Å². The minimum Gasteiger partial charge on any atom is -0.201 e. The summed E-state index contributed by atoms with van der Waals surface area (Å²) in [5.74, 6) is 0. The molecule has 1 heterocycles. The Bertz CT molecular complexity index is 313. The molecule has 0 spiro atoms. The van der Waals surface area contributed by atoms with Gasteiger partial charge in [0.2, 0.25) is 0 Å². The van der Waals surface area contributed by atoms with E-state index in [2.05, 4.69) is 21.6 Å². The molecule has 2 rings (SSSR count). The molecule has 0 saturated carbocycles. The minimum absolute atomic E-state index is 0.914. The van der Waals surface area contributed by atoms with E-state index in [1.807, 2.05) is 24.3 Å². The van der Waals surface area contributed by atoms with Crippen molar-refractivity contribution >= 4 is 0 Å². The van der Waals surface area contributed by atoms with Crippen LogP contribution in [0, 0.1) is 6.07 Å². The third-order valence-electron chi connectivity index (χ3n) is 1.30. The second-order valence-corrected chi connectivity index (χ2v) is 2.02. The number of hydrogen-bond acceptors (Lipinski definition) is 3. The first-order chi connectivity index (χ1) is 5.47. The van der Waals surface area contributed by atoms with Gasteiger partial charge in [-0.1, -0.05) is 12.1 Å². The number of benzene rings is 1. The molecule has 0 N–H and O–H groups in total. The molecule has 1 aromatic heterocycles. The fourth-order valence-corrected chi connectivity index (χ4v) is 0.806. The predicted molar refractivity (Wildman–Crippen MR) is 38.0 cm³/mol. The Morgan fingerprint density at radius 3 is 3.09 bits per heavy atom. The standard InChI is InChI=1S/C7H5N4/c1-2-4-7(5-3-1)11-6-8-9-10-11/h1-2,4-6H. The molecule has 0 aliphatic rings. The Morgan fingerprint density at radius 2 is 2.45 bits per heavy atom. The number of nitrogens with zero attached hydrogens (tertiary/aromatic N) is 4. The molecule has 1 radical (unpaired) electrons. The van der Waals surface area contributed by atoms with Crippen LogP contribution >= 0.6 is 0 Å². The quantitative estimate of drug-likeness (QED) is 0.585. The molecular weight excluding hydrogens is 140 g/mol. The summed E-state index contributed by atoms with van der Waals surface area (Å²) < 4.78 is 1.58. The summed E-state index contributed by atoms with van der Waals surface area (Å²) in [4.78, 5) is 0. The second-order valence-electron chi connectivity index (χ2n) is 2.02. The van der Waals surface area contributed by atoms with Gasteiger partial charge in [0.1, 0.15) is 6.33 Å². The average molecular weight is 145 g/mol. The monoisotopic (exact) mass is 145 g/mol. The first-order valence-electron chi connectivity index (χ1n) is 3.16. The van der Waals surface area contributed by atoms with Crippen molar-refractivity contribution in [2.75, 3.05) is 0 Å². The summed E-state index contributed by atoms with van der Waals surface area (Å²) in [5, 5.41) is 10.8. The number of tetrazole rings is 1. The zero-order valence-corrected chi connectivity index (χ0v) is 5.68. The minimum atomic E-state index is 0.914. The summed E-state index contributed by atoms with van der Waals surface area (Å²) in [6, 6.07) is 10.4. The Morgan fingerprint density at radius 1 is 1.45 bits per heavy atom. The van der Waals surface area contributed by atoms with Gasteiger partial charge in [-0.25, -0.2) is 4.68 Å². The highest BCUT2D eigenvalue weighted by atomic mass is 15.5. The molecule has 0 aliphatic heterocycles. The van der Waals surface area contributed by atoms with Crippen molar-refractivity contribution in [2.24, 2.45) is 0 Å². The molecule has 0 amide bonds. The smallest absolute Gasteiger partial charge is 0.143 e. The van der Waals surface area contributed by atoms with Crippen LogP contribution in [-0.2, 0) is 0 Å². The summed E-state index contributed by atoms with van der Waals surface area (Å²) in [5.41, 5.74) is 0.914. The van der Waals surface area contributed by atoms with Crippen molar-refractivity contribution in [2.45, 2.75) is 0 Å². The van der Waals surface area contributed by atoms with Gasteiger partial charge in [0.05, 0.1) is 5.69 Å². The molecule has 4 nitrogen and oxygen atoms in total. The largest absolute Gasteiger partial charge is 0.201 e. The molecule has 4 heteroatoms. The van der Waals surface area contributed by atoms with Crippen LogP contribution in [0.4, 0.5) is 0 Å². The third-order valence-corrected chi connectivity index (χ3v) is 1.30. The molecule has 0 saturated heterocycles. The molecule has 53 valence electrons. The lowest BCUT2D eigenvalue weighted by Crippen LogP contribution is -1.93. The van der Waals surface area contributed by atoms with E-state index < -0.39 is 0 Å². The highest BCUT2D eigenvalue weighted by Gasteiger charge is 1.93. The lowest BCUT2D eigenvalue weighted by molar-refractivity contribution is 0.789. The SMILES string of the molecule is [c]1cccc(-n2cnnn2)c1. The Hall–Kier alpha value is -1.71. The van der Waals surface area contributed by atoms with E-state index in [0.29, 0.717) is 0 Å². The second kappa shape index (κ2) is 2.49. The first-order valence-corrected chi connectivity index (χ1v) is 3.16. The number of rotatable bonds is 1. The van der Waals surface area contributed by atoms with E-state index in [-0.39, 0.29) is 0 Å². The van der Waals surface area contributed by atoms with Gasteiger partial charge >= 0.3 is 0 Å². The average Bonchev–Trinajstić information content (AvgIpc) is 2.58. The molecule has 0 bridgehead atoms. The van der Waals surface area contributed by atoms with Gasteiger partial charge in [-0.15, -0.1) is 5.10 Å². The van der Waals surface area contributed by atoms with Crippen LogP contribution in [0.25, 0.3) is 5.69 Å². The van der Waals surface area contributed by atoms with Gasteiger partial charge in [-0.2, -0.15) is 0 Å². The third kappa shape index (κ3) is 1.10. The Labute approximate surface area is 63.5 Å². The topological polar surface area (TPSA) is 43.6 Å². The first kappa shape index (κ1) is 6.03. The molecule has 0 atom stereocenters. The van der Waals surface area contributed by atoms with Gasteiger partial charge in [0.15, 0.2) is 0 Å². The highest BCUT2D eigenvalue weighted by molar-refractivity contribution is 5.27. The maximum absolute atomic E-state index is 3.72. The maximum atomic E-state index is 3.72. The molecule has 11 heavy (non-hydrogen) atoms. The summed E-state index contributed by atoms with van der Waals surface area (Å²) in [6.45, 7) is 0. The normalized spacial score (nSPS) is 9.82.